The third-order valence-corrected chi connectivity index (χ3v) is 3.13. The molecule has 0 saturated heterocycles. The summed E-state index contributed by atoms with van der Waals surface area (Å²) < 4.78 is 6.09. The maximum atomic E-state index is 10.8. The monoisotopic (exact) mass is 371 g/mol. The number of benzene rings is 1. The van der Waals surface area contributed by atoms with E-state index in [0.29, 0.717) is 22.5 Å². The number of aryl methyl sites for hydroxylation is 1. The first-order chi connectivity index (χ1) is 9.97. The highest BCUT2D eigenvalue weighted by Crippen LogP contribution is 2.29. The standard InChI is InChI=1S/C13H11BrClN3O3/c1-2-3-12-16-11(15)7-13(17-12)21-10-5-8(14)4-9(6-10)18(19)20/h4-7H,2-3H2,1H3. The minimum atomic E-state index is -0.493. The number of nitrogens with zero attached hydrogens (tertiary/aromatic N) is 3. The highest BCUT2D eigenvalue weighted by atomic mass is 79.9. The summed E-state index contributed by atoms with van der Waals surface area (Å²) >= 11 is 9.12. The molecule has 0 radical (unpaired) electrons. The molecule has 0 amide bonds. The quantitative estimate of drug-likeness (QED) is 0.437. The summed E-state index contributed by atoms with van der Waals surface area (Å²) in [5, 5.41) is 11.1. The molecule has 21 heavy (non-hydrogen) atoms. The molecule has 0 atom stereocenters. The lowest BCUT2D eigenvalue weighted by Gasteiger charge is -2.07. The van der Waals surface area contributed by atoms with Crippen LogP contribution in [0.25, 0.3) is 0 Å². The molecule has 1 aromatic carbocycles. The largest absolute Gasteiger partial charge is 0.439 e. The summed E-state index contributed by atoms with van der Waals surface area (Å²) in [6, 6.07) is 5.79. The van der Waals surface area contributed by atoms with E-state index in [1.807, 2.05) is 6.92 Å². The second kappa shape index (κ2) is 6.82. The summed E-state index contributed by atoms with van der Waals surface area (Å²) in [4.78, 5) is 18.6. The van der Waals surface area contributed by atoms with Crippen LogP contribution in [0.1, 0.15) is 19.2 Å². The van der Waals surface area contributed by atoms with Crippen LogP contribution in [0.5, 0.6) is 11.6 Å². The predicted molar refractivity (Wildman–Crippen MR) is 81.9 cm³/mol. The highest BCUT2D eigenvalue weighted by molar-refractivity contribution is 9.10. The van der Waals surface area contributed by atoms with Gasteiger partial charge < -0.3 is 4.74 Å². The Morgan fingerprint density at radius 1 is 1.33 bits per heavy atom. The normalized spacial score (nSPS) is 10.4. The molecule has 0 spiro atoms. The van der Waals surface area contributed by atoms with Crippen molar-refractivity contribution in [3.8, 4) is 11.6 Å². The highest BCUT2D eigenvalue weighted by Gasteiger charge is 2.11. The number of nitro groups is 1. The Morgan fingerprint density at radius 2 is 2.10 bits per heavy atom. The summed E-state index contributed by atoms with van der Waals surface area (Å²) in [5.74, 6) is 1.13. The molecule has 0 unspecified atom stereocenters. The van der Waals surface area contributed by atoms with E-state index in [2.05, 4.69) is 25.9 Å². The fourth-order valence-corrected chi connectivity index (χ4v) is 2.31. The predicted octanol–water partition coefficient (Wildman–Crippen LogP) is 4.55. The van der Waals surface area contributed by atoms with Crippen LogP contribution in [0, 0.1) is 10.1 Å². The van der Waals surface area contributed by atoms with Crippen molar-refractivity contribution in [1.82, 2.24) is 9.97 Å². The Kier molecular flexibility index (Phi) is 5.08. The van der Waals surface area contributed by atoms with Gasteiger partial charge in [-0.25, -0.2) is 4.98 Å². The maximum absolute atomic E-state index is 10.8. The van der Waals surface area contributed by atoms with E-state index < -0.39 is 4.92 Å². The molecular formula is C13H11BrClN3O3. The molecule has 0 aliphatic carbocycles. The molecule has 8 heteroatoms. The molecule has 0 aliphatic rings. The summed E-state index contributed by atoms with van der Waals surface area (Å²) in [6.45, 7) is 2.00. The van der Waals surface area contributed by atoms with E-state index in [-0.39, 0.29) is 16.7 Å². The first kappa shape index (κ1) is 15.7. The van der Waals surface area contributed by atoms with Crippen molar-refractivity contribution in [2.45, 2.75) is 19.8 Å². The van der Waals surface area contributed by atoms with Gasteiger partial charge in [-0.1, -0.05) is 34.5 Å². The van der Waals surface area contributed by atoms with Gasteiger partial charge in [0.2, 0.25) is 5.88 Å². The van der Waals surface area contributed by atoms with Gasteiger partial charge in [0.25, 0.3) is 5.69 Å². The van der Waals surface area contributed by atoms with Crippen LogP contribution in [0.4, 0.5) is 5.69 Å². The second-order valence-electron chi connectivity index (χ2n) is 4.20. The molecule has 1 heterocycles. The molecule has 0 fully saturated rings. The molecule has 0 saturated carbocycles. The van der Waals surface area contributed by atoms with Crippen LogP contribution in [0.3, 0.4) is 0 Å². The lowest BCUT2D eigenvalue weighted by atomic mass is 10.3. The summed E-state index contributed by atoms with van der Waals surface area (Å²) in [5.41, 5.74) is -0.0756. The zero-order valence-corrected chi connectivity index (χ0v) is 13.4. The molecule has 0 bridgehead atoms. The van der Waals surface area contributed by atoms with Crippen LogP contribution < -0.4 is 4.74 Å². The number of rotatable bonds is 5. The fraction of sp³-hybridized carbons (Fsp3) is 0.231. The molecule has 0 N–H and O–H groups in total. The topological polar surface area (TPSA) is 78.2 Å². The number of nitro benzene ring substituents is 1. The summed E-state index contributed by atoms with van der Waals surface area (Å²) in [6.07, 6.45) is 1.55. The van der Waals surface area contributed by atoms with Crippen molar-refractivity contribution in [3.05, 3.63) is 49.8 Å². The maximum Gasteiger partial charge on any atom is 0.274 e. The minimum absolute atomic E-state index is 0.0756. The Balaban J connectivity index is 2.31. The van der Waals surface area contributed by atoms with E-state index in [1.54, 1.807) is 6.07 Å². The first-order valence-electron chi connectivity index (χ1n) is 6.14. The zero-order valence-electron chi connectivity index (χ0n) is 11.0. The van der Waals surface area contributed by atoms with Crippen LogP contribution in [0.2, 0.25) is 5.15 Å². The Labute approximate surface area is 134 Å². The number of hydrogen-bond donors (Lipinski definition) is 0. The smallest absolute Gasteiger partial charge is 0.274 e. The number of hydrogen-bond acceptors (Lipinski definition) is 5. The molecule has 1 aromatic heterocycles. The third kappa shape index (κ3) is 4.37. The molecule has 110 valence electrons. The van der Waals surface area contributed by atoms with Gasteiger partial charge in [0.15, 0.2) is 0 Å². The van der Waals surface area contributed by atoms with E-state index in [0.717, 1.165) is 6.42 Å². The number of ether oxygens (including phenoxy) is 1. The second-order valence-corrected chi connectivity index (χ2v) is 5.50. The summed E-state index contributed by atoms with van der Waals surface area (Å²) in [7, 11) is 0. The lowest BCUT2D eigenvalue weighted by molar-refractivity contribution is -0.385. The Bertz CT molecular complexity index is 682. The number of aromatic nitrogens is 2. The average Bonchev–Trinajstić information content (AvgIpc) is 2.37. The zero-order chi connectivity index (χ0) is 15.4. The van der Waals surface area contributed by atoms with Crippen molar-refractivity contribution >= 4 is 33.2 Å². The van der Waals surface area contributed by atoms with E-state index in [9.17, 15) is 10.1 Å². The van der Waals surface area contributed by atoms with Crippen molar-refractivity contribution in [3.63, 3.8) is 0 Å². The van der Waals surface area contributed by atoms with Crippen molar-refractivity contribution in [2.75, 3.05) is 0 Å². The number of non-ortho nitro benzene ring substituents is 1. The van der Waals surface area contributed by atoms with Gasteiger partial charge >= 0.3 is 0 Å². The minimum Gasteiger partial charge on any atom is -0.439 e. The van der Waals surface area contributed by atoms with Crippen LogP contribution in [-0.2, 0) is 6.42 Å². The SMILES string of the molecule is CCCc1nc(Cl)cc(Oc2cc(Br)cc([N+](=O)[O-])c2)n1. The Hall–Kier alpha value is -1.73. The molecule has 6 nitrogen and oxygen atoms in total. The van der Waals surface area contributed by atoms with Gasteiger partial charge in [-0.05, 0) is 12.5 Å². The fourth-order valence-electron chi connectivity index (χ4n) is 1.66. The lowest BCUT2D eigenvalue weighted by Crippen LogP contribution is -1.98. The van der Waals surface area contributed by atoms with Crippen molar-refractivity contribution in [2.24, 2.45) is 0 Å². The Morgan fingerprint density at radius 3 is 2.76 bits per heavy atom. The van der Waals surface area contributed by atoms with Crippen LogP contribution in [0.15, 0.2) is 28.7 Å². The molecule has 2 rings (SSSR count). The van der Waals surface area contributed by atoms with Crippen LogP contribution in [-0.4, -0.2) is 14.9 Å². The third-order valence-electron chi connectivity index (χ3n) is 2.48. The van der Waals surface area contributed by atoms with Gasteiger partial charge in [0, 0.05) is 23.0 Å². The van der Waals surface area contributed by atoms with E-state index in [4.69, 9.17) is 16.3 Å². The average molecular weight is 373 g/mol. The van der Waals surface area contributed by atoms with Crippen LogP contribution >= 0.6 is 27.5 Å². The van der Waals surface area contributed by atoms with Crippen molar-refractivity contribution in [1.29, 1.82) is 0 Å². The van der Waals surface area contributed by atoms with E-state index >= 15 is 0 Å². The molecular weight excluding hydrogens is 362 g/mol. The molecule has 2 aromatic rings. The van der Waals surface area contributed by atoms with Crippen molar-refractivity contribution < 1.29 is 9.66 Å². The van der Waals surface area contributed by atoms with Gasteiger partial charge in [0.1, 0.15) is 16.7 Å². The first-order valence-corrected chi connectivity index (χ1v) is 7.31. The molecule has 0 aliphatic heterocycles. The van der Waals surface area contributed by atoms with E-state index in [1.165, 1.54) is 18.2 Å². The number of halogens is 2. The van der Waals surface area contributed by atoms with Gasteiger partial charge in [-0.3, -0.25) is 10.1 Å². The van der Waals surface area contributed by atoms with Gasteiger partial charge in [0.05, 0.1) is 11.0 Å². The van der Waals surface area contributed by atoms with Gasteiger partial charge in [-0.15, -0.1) is 0 Å². The van der Waals surface area contributed by atoms with Gasteiger partial charge in [-0.2, -0.15) is 4.98 Å².